The van der Waals surface area contributed by atoms with E-state index in [1.54, 1.807) is 21.3 Å². The molecule has 8 heteroatoms. The van der Waals surface area contributed by atoms with E-state index in [4.69, 9.17) is 9.47 Å². The highest BCUT2D eigenvalue weighted by atomic mass is 127. The van der Waals surface area contributed by atoms with Crippen molar-refractivity contribution in [3.05, 3.63) is 40.1 Å². The number of anilines is 1. The molecule has 1 aromatic carbocycles. The van der Waals surface area contributed by atoms with Crippen LogP contribution in [0.1, 0.15) is 17.4 Å². The summed E-state index contributed by atoms with van der Waals surface area (Å²) < 4.78 is 10.6. The number of benzene rings is 1. The summed E-state index contributed by atoms with van der Waals surface area (Å²) in [4.78, 5) is 8.39. The number of halogens is 1. The summed E-state index contributed by atoms with van der Waals surface area (Å²) in [5.41, 5.74) is 2.38. The number of guanidine groups is 1. The molecule has 0 spiro atoms. The first-order chi connectivity index (χ1) is 13.1. The number of rotatable bonds is 6. The van der Waals surface area contributed by atoms with E-state index in [0.717, 1.165) is 37.7 Å². The minimum Gasteiger partial charge on any atom is -0.493 e. The molecule has 0 radical (unpaired) electrons. The molecule has 1 atom stereocenters. The van der Waals surface area contributed by atoms with Gasteiger partial charge in [0.2, 0.25) is 0 Å². The van der Waals surface area contributed by atoms with Crippen LogP contribution in [0.25, 0.3) is 0 Å². The highest BCUT2D eigenvalue weighted by molar-refractivity contribution is 14.0. The summed E-state index contributed by atoms with van der Waals surface area (Å²) in [6.45, 7) is 5.22. The highest BCUT2D eigenvalue weighted by Crippen LogP contribution is 2.29. The maximum atomic E-state index is 5.36. The maximum absolute atomic E-state index is 5.36. The number of nitrogens with one attached hydrogen (secondary N) is 2. The Morgan fingerprint density at radius 3 is 2.75 bits per heavy atom. The number of hydrogen-bond donors (Lipinski definition) is 2. The Morgan fingerprint density at radius 1 is 1.25 bits per heavy atom. The fourth-order valence-corrected chi connectivity index (χ4v) is 4.14. The van der Waals surface area contributed by atoms with Crippen molar-refractivity contribution in [2.75, 3.05) is 39.7 Å². The molecule has 1 aliphatic rings. The second-order valence-electron chi connectivity index (χ2n) is 6.59. The van der Waals surface area contributed by atoms with Crippen LogP contribution in [0.5, 0.6) is 11.5 Å². The van der Waals surface area contributed by atoms with Gasteiger partial charge in [0.25, 0.3) is 0 Å². The van der Waals surface area contributed by atoms with Gasteiger partial charge in [0.1, 0.15) is 0 Å². The molecule has 0 fully saturated rings. The highest BCUT2D eigenvalue weighted by Gasteiger charge is 2.21. The number of aliphatic imine (C=N–C) groups is 1. The smallest absolute Gasteiger partial charge is 0.195 e. The van der Waals surface area contributed by atoms with Gasteiger partial charge in [0.05, 0.1) is 14.2 Å². The molecule has 1 aliphatic heterocycles. The average molecular weight is 516 g/mol. The zero-order chi connectivity index (χ0) is 19.2. The van der Waals surface area contributed by atoms with Gasteiger partial charge >= 0.3 is 0 Å². The van der Waals surface area contributed by atoms with Crippen molar-refractivity contribution < 1.29 is 9.47 Å². The van der Waals surface area contributed by atoms with E-state index in [9.17, 15) is 0 Å². The number of thiophene rings is 1. The molecule has 2 N–H and O–H groups in total. The van der Waals surface area contributed by atoms with Gasteiger partial charge in [0, 0.05) is 49.4 Å². The fourth-order valence-electron chi connectivity index (χ4n) is 3.25. The predicted molar refractivity (Wildman–Crippen MR) is 128 cm³/mol. The summed E-state index contributed by atoms with van der Waals surface area (Å²) in [5, 5.41) is 8.94. The normalized spacial score (nSPS) is 15.2. The van der Waals surface area contributed by atoms with Crippen molar-refractivity contribution in [3.8, 4) is 11.5 Å². The largest absolute Gasteiger partial charge is 0.493 e. The van der Waals surface area contributed by atoms with E-state index in [-0.39, 0.29) is 24.0 Å². The third-order valence-corrected chi connectivity index (χ3v) is 5.92. The van der Waals surface area contributed by atoms with Crippen LogP contribution in [0.3, 0.4) is 0 Å². The Labute approximate surface area is 188 Å². The molecule has 0 aliphatic carbocycles. The summed E-state index contributed by atoms with van der Waals surface area (Å²) in [7, 11) is 5.04. The second-order valence-corrected chi connectivity index (χ2v) is 7.59. The molecule has 2 heterocycles. The lowest BCUT2D eigenvalue weighted by molar-refractivity contribution is 0.193. The molecule has 2 aromatic rings. The van der Waals surface area contributed by atoms with Crippen LogP contribution in [-0.2, 0) is 13.0 Å². The van der Waals surface area contributed by atoms with E-state index in [1.807, 2.05) is 29.5 Å². The maximum Gasteiger partial charge on any atom is 0.195 e. The van der Waals surface area contributed by atoms with Crippen LogP contribution in [0.15, 0.2) is 34.6 Å². The van der Waals surface area contributed by atoms with Crippen LogP contribution >= 0.6 is 35.3 Å². The lowest BCUT2D eigenvalue weighted by Gasteiger charge is -2.32. The predicted octanol–water partition coefficient (Wildman–Crippen LogP) is 3.82. The van der Waals surface area contributed by atoms with Crippen LogP contribution in [0.2, 0.25) is 0 Å². The van der Waals surface area contributed by atoms with Crippen LogP contribution < -0.4 is 20.1 Å². The van der Waals surface area contributed by atoms with Gasteiger partial charge in [-0.25, -0.2) is 0 Å². The third-order valence-electron chi connectivity index (χ3n) is 4.90. The van der Waals surface area contributed by atoms with E-state index in [2.05, 4.69) is 38.9 Å². The van der Waals surface area contributed by atoms with Crippen molar-refractivity contribution in [2.24, 2.45) is 4.99 Å². The fraction of sp³-hybridized carbons (Fsp3) is 0.450. The van der Waals surface area contributed by atoms with Gasteiger partial charge in [0.15, 0.2) is 17.5 Å². The zero-order valence-electron chi connectivity index (χ0n) is 16.8. The first-order valence-corrected chi connectivity index (χ1v) is 10.0. The summed E-state index contributed by atoms with van der Waals surface area (Å²) in [6, 6.07) is 8.40. The Kier molecular flexibility index (Phi) is 8.84. The van der Waals surface area contributed by atoms with Crippen molar-refractivity contribution in [1.29, 1.82) is 0 Å². The monoisotopic (exact) mass is 516 g/mol. The lowest BCUT2D eigenvalue weighted by Crippen LogP contribution is -2.45. The van der Waals surface area contributed by atoms with Crippen molar-refractivity contribution in [3.63, 3.8) is 0 Å². The lowest BCUT2D eigenvalue weighted by atomic mass is 10.1. The molecule has 3 rings (SSSR count). The molecule has 0 saturated heterocycles. The van der Waals surface area contributed by atoms with E-state index in [0.29, 0.717) is 17.5 Å². The molecule has 28 heavy (non-hydrogen) atoms. The van der Waals surface area contributed by atoms with Gasteiger partial charge in [-0.2, -0.15) is 0 Å². The Hall–Kier alpha value is -1.52. The molecule has 1 unspecified atom stereocenters. The number of nitrogens with zero attached hydrogens (tertiary/aromatic N) is 2. The molecular formula is C20H29IN4O2S. The number of methoxy groups -OCH3 is 2. The molecular weight excluding hydrogens is 487 g/mol. The molecule has 154 valence electrons. The van der Waals surface area contributed by atoms with Crippen LogP contribution in [0.4, 0.5) is 5.69 Å². The number of ether oxygens (including phenoxy) is 2. The molecule has 6 nitrogen and oxygen atoms in total. The minimum absolute atomic E-state index is 0. The standard InChI is InChI=1S/C20H28N4O2S.HI/c1-14(24-9-7-19-15(13-24)8-10-27-19)12-22-20(21-2)23-16-5-6-17(25-3)18(11-16)26-4;/h5-6,8,10-11,14H,7,9,12-13H2,1-4H3,(H2,21,22,23);1H. The topological polar surface area (TPSA) is 58.1 Å². The SMILES string of the molecule is CN=C(NCC(C)N1CCc2sccc2C1)Nc1ccc(OC)c(OC)c1.I. The van der Waals surface area contributed by atoms with Gasteiger partial charge in [-0.05, 0) is 42.5 Å². The van der Waals surface area contributed by atoms with Crippen LogP contribution in [-0.4, -0.2) is 51.3 Å². The first kappa shape index (κ1) is 22.8. The minimum atomic E-state index is 0. The molecule has 0 saturated carbocycles. The van der Waals surface area contributed by atoms with Gasteiger partial charge in [-0.15, -0.1) is 35.3 Å². The quantitative estimate of drug-likeness (QED) is 0.348. The first-order valence-electron chi connectivity index (χ1n) is 9.13. The Balaban J connectivity index is 0.00000280. The van der Waals surface area contributed by atoms with E-state index < -0.39 is 0 Å². The third kappa shape index (κ3) is 5.51. The Morgan fingerprint density at radius 2 is 2.04 bits per heavy atom. The average Bonchev–Trinajstić information content (AvgIpc) is 3.18. The molecule has 1 aromatic heterocycles. The summed E-state index contributed by atoms with van der Waals surface area (Å²) in [6.07, 6.45) is 1.15. The van der Waals surface area contributed by atoms with E-state index in [1.165, 1.54) is 10.4 Å². The number of fused-ring (bicyclic) bond motifs is 1. The summed E-state index contributed by atoms with van der Waals surface area (Å²) in [5.74, 6) is 2.13. The second kappa shape index (κ2) is 10.9. The van der Waals surface area contributed by atoms with Gasteiger partial charge in [-0.3, -0.25) is 9.89 Å². The van der Waals surface area contributed by atoms with Crippen molar-refractivity contribution in [1.82, 2.24) is 10.2 Å². The van der Waals surface area contributed by atoms with E-state index >= 15 is 0 Å². The zero-order valence-corrected chi connectivity index (χ0v) is 20.0. The van der Waals surface area contributed by atoms with Gasteiger partial charge < -0.3 is 20.1 Å². The molecule has 0 bridgehead atoms. The van der Waals surface area contributed by atoms with Crippen molar-refractivity contribution >= 4 is 47.0 Å². The van der Waals surface area contributed by atoms with Gasteiger partial charge in [-0.1, -0.05) is 0 Å². The molecule has 0 amide bonds. The van der Waals surface area contributed by atoms with Crippen molar-refractivity contribution in [2.45, 2.75) is 25.9 Å². The number of hydrogen-bond acceptors (Lipinski definition) is 5. The Bertz CT molecular complexity index is 796. The summed E-state index contributed by atoms with van der Waals surface area (Å²) >= 11 is 1.88. The van der Waals surface area contributed by atoms with Crippen LogP contribution in [0, 0.1) is 0 Å².